The van der Waals surface area contributed by atoms with Gasteiger partial charge in [0.15, 0.2) is 0 Å². The third kappa shape index (κ3) is 1.83. The van der Waals surface area contributed by atoms with Crippen LogP contribution in [0.15, 0.2) is 40.9 Å². The van der Waals surface area contributed by atoms with E-state index >= 15 is 0 Å². The molecule has 2 bridgehead atoms. The summed E-state index contributed by atoms with van der Waals surface area (Å²) in [6, 6.07) is 6.80. The van der Waals surface area contributed by atoms with Crippen LogP contribution in [0.1, 0.15) is 16.8 Å². The zero-order valence-electron chi connectivity index (χ0n) is 12.7. The third-order valence-electron chi connectivity index (χ3n) is 5.98. The molecule has 6 atom stereocenters. The molecule has 122 valence electrons. The van der Waals surface area contributed by atoms with Crippen LogP contribution in [0, 0.1) is 35.5 Å². The number of hydrogen-bond donors (Lipinski definition) is 1. The van der Waals surface area contributed by atoms with E-state index in [-0.39, 0.29) is 35.5 Å². The van der Waals surface area contributed by atoms with Crippen LogP contribution in [0.3, 0.4) is 0 Å². The van der Waals surface area contributed by atoms with Crippen molar-refractivity contribution in [3.05, 3.63) is 46.5 Å². The van der Waals surface area contributed by atoms with Crippen molar-refractivity contribution < 1.29 is 14.4 Å². The van der Waals surface area contributed by atoms with Gasteiger partial charge in [-0.3, -0.25) is 19.8 Å². The topological polar surface area (TPSA) is 66.5 Å². The molecule has 4 aliphatic carbocycles. The molecule has 1 saturated heterocycles. The predicted octanol–water partition coefficient (Wildman–Crippen LogP) is 2.15. The molecule has 2 saturated carbocycles. The summed E-state index contributed by atoms with van der Waals surface area (Å²) in [4.78, 5) is 37.9. The number of allylic oxidation sites excluding steroid dienone is 2. The minimum atomic E-state index is -0.437. The number of carbonyl (C=O) groups excluding carboxylic acids is 3. The summed E-state index contributed by atoms with van der Waals surface area (Å²) in [7, 11) is 0. The van der Waals surface area contributed by atoms with E-state index in [1.165, 1.54) is 0 Å². The van der Waals surface area contributed by atoms with E-state index in [2.05, 4.69) is 33.5 Å². The summed E-state index contributed by atoms with van der Waals surface area (Å²) in [6.07, 6.45) is 5.36. The van der Waals surface area contributed by atoms with Crippen molar-refractivity contribution >= 4 is 33.7 Å². The van der Waals surface area contributed by atoms with Gasteiger partial charge < -0.3 is 0 Å². The standard InChI is InChI=1S/C18H15BrN2O3/c19-9-3-1-8(2-4-9)16(22)20-21-17(23)14-10-5-6-11(13-7-12(10)13)15(14)18(21)24/h1-6,10-15H,7H2,(H,20,22)/t10-,11+,12+,13-,14+,15-. The van der Waals surface area contributed by atoms with Crippen LogP contribution >= 0.6 is 15.9 Å². The largest absolute Gasteiger partial charge is 0.272 e. The molecule has 6 heteroatoms. The summed E-state index contributed by atoms with van der Waals surface area (Å²) in [5, 5.41) is 0.970. The monoisotopic (exact) mass is 386 g/mol. The van der Waals surface area contributed by atoms with Gasteiger partial charge in [-0.15, -0.1) is 0 Å². The second-order valence-corrected chi connectivity index (χ2v) is 8.03. The Labute approximate surface area is 147 Å². The minimum absolute atomic E-state index is 0.163. The maximum atomic E-state index is 12.8. The Hall–Kier alpha value is -1.95. The molecule has 1 aliphatic heterocycles. The first kappa shape index (κ1) is 14.4. The number of halogens is 1. The van der Waals surface area contributed by atoms with Gasteiger partial charge >= 0.3 is 0 Å². The number of carbonyl (C=O) groups is 3. The number of hydrogen-bond acceptors (Lipinski definition) is 3. The third-order valence-corrected chi connectivity index (χ3v) is 6.51. The molecule has 5 aliphatic rings. The minimum Gasteiger partial charge on any atom is -0.272 e. The van der Waals surface area contributed by atoms with Gasteiger partial charge in [0.1, 0.15) is 0 Å². The number of nitrogens with one attached hydrogen (secondary N) is 1. The van der Waals surface area contributed by atoms with Gasteiger partial charge in [0.25, 0.3) is 17.7 Å². The Bertz CT molecular complexity index is 767. The van der Waals surface area contributed by atoms with Crippen LogP contribution in [-0.2, 0) is 9.59 Å². The second kappa shape index (κ2) is 4.79. The molecule has 24 heavy (non-hydrogen) atoms. The van der Waals surface area contributed by atoms with Gasteiger partial charge in [-0.2, -0.15) is 5.01 Å². The van der Waals surface area contributed by atoms with E-state index in [0.717, 1.165) is 15.9 Å². The number of imide groups is 1. The molecule has 1 heterocycles. The van der Waals surface area contributed by atoms with Gasteiger partial charge in [-0.1, -0.05) is 28.1 Å². The van der Waals surface area contributed by atoms with E-state index in [9.17, 15) is 14.4 Å². The molecule has 1 aromatic carbocycles. The van der Waals surface area contributed by atoms with Gasteiger partial charge in [-0.05, 0) is 54.4 Å². The van der Waals surface area contributed by atoms with Crippen LogP contribution in [-0.4, -0.2) is 22.7 Å². The average molecular weight is 387 g/mol. The van der Waals surface area contributed by atoms with Crippen LogP contribution in [0.25, 0.3) is 0 Å². The van der Waals surface area contributed by atoms with Gasteiger partial charge in [0.2, 0.25) is 0 Å². The first-order chi connectivity index (χ1) is 11.6. The summed E-state index contributed by atoms with van der Waals surface area (Å²) in [5.41, 5.74) is 2.94. The van der Waals surface area contributed by atoms with Crippen molar-refractivity contribution in [1.29, 1.82) is 0 Å². The lowest BCUT2D eigenvalue weighted by Crippen LogP contribution is -2.46. The fraction of sp³-hybridized carbons (Fsp3) is 0.389. The summed E-state index contributed by atoms with van der Waals surface area (Å²) in [5.74, 6) is -0.0797. The number of hydrazine groups is 1. The fourth-order valence-electron chi connectivity index (χ4n) is 4.83. The molecule has 0 unspecified atom stereocenters. The van der Waals surface area contributed by atoms with E-state index in [1.807, 2.05) is 0 Å². The highest BCUT2D eigenvalue weighted by Crippen LogP contribution is 2.65. The zero-order chi connectivity index (χ0) is 16.6. The van der Waals surface area contributed by atoms with Crippen molar-refractivity contribution in [1.82, 2.24) is 10.4 Å². The Balaban J connectivity index is 1.40. The summed E-state index contributed by atoms with van der Waals surface area (Å²) < 4.78 is 0.861. The van der Waals surface area contributed by atoms with E-state index < -0.39 is 5.91 Å². The Morgan fingerprint density at radius 2 is 1.54 bits per heavy atom. The second-order valence-electron chi connectivity index (χ2n) is 7.11. The first-order valence-corrected chi connectivity index (χ1v) is 8.98. The SMILES string of the molecule is O=C(NN1C(=O)[C@@H]2[C@H]3C=C[C@H]([C@@H]4C[C@H]34)[C@@H]2C1=O)c1ccc(Br)cc1. The Kier molecular flexibility index (Phi) is 2.87. The number of amides is 3. The number of benzene rings is 1. The van der Waals surface area contributed by atoms with E-state index in [0.29, 0.717) is 17.4 Å². The molecule has 0 aromatic heterocycles. The first-order valence-electron chi connectivity index (χ1n) is 8.19. The molecule has 5 nitrogen and oxygen atoms in total. The molecule has 6 rings (SSSR count). The van der Waals surface area contributed by atoms with Crippen molar-refractivity contribution in [2.75, 3.05) is 0 Å². The molecule has 1 N–H and O–H groups in total. The molecule has 1 aromatic rings. The van der Waals surface area contributed by atoms with Crippen LogP contribution in [0.2, 0.25) is 0 Å². The lowest BCUT2D eigenvalue weighted by Gasteiger charge is -2.37. The smallest absolute Gasteiger partial charge is 0.270 e. The Morgan fingerprint density at radius 1 is 1.00 bits per heavy atom. The van der Waals surface area contributed by atoms with Crippen LogP contribution in [0.5, 0.6) is 0 Å². The maximum Gasteiger partial charge on any atom is 0.270 e. The van der Waals surface area contributed by atoms with E-state index in [1.54, 1.807) is 24.3 Å². The Morgan fingerprint density at radius 3 is 2.08 bits per heavy atom. The van der Waals surface area contributed by atoms with E-state index in [4.69, 9.17) is 0 Å². The highest BCUT2D eigenvalue weighted by molar-refractivity contribution is 9.10. The summed E-state index contributed by atoms with van der Waals surface area (Å²) in [6.45, 7) is 0. The number of nitrogens with zero attached hydrogens (tertiary/aromatic N) is 1. The molecule has 0 spiro atoms. The molecule has 0 radical (unpaired) electrons. The maximum absolute atomic E-state index is 12.8. The van der Waals surface area contributed by atoms with Crippen molar-refractivity contribution in [3.8, 4) is 0 Å². The quantitative estimate of drug-likeness (QED) is 0.625. The highest BCUT2D eigenvalue weighted by atomic mass is 79.9. The van der Waals surface area contributed by atoms with Crippen molar-refractivity contribution in [2.45, 2.75) is 6.42 Å². The lowest BCUT2D eigenvalue weighted by atomic mass is 9.63. The average Bonchev–Trinajstić information content (AvgIpc) is 3.36. The molecular formula is C18H15BrN2O3. The van der Waals surface area contributed by atoms with Gasteiger partial charge in [-0.25, -0.2) is 0 Å². The fourth-order valence-corrected chi connectivity index (χ4v) is 5.10. The predicted molar refractivity (Wildman–Crippen MR) is 88.2 cm³/mol. The van der Waals surface area contributed by atoms with Crippen molar-refractivity contribution in [3.63, 3.8) is 0 Å². The lowest BCUT2D eigenvalue weighted by molar-refractivity contribution is -0.143. The normalized spacial score (nSPS) is 38.1. The highest BCUT2D eigenvalue weighted by Gasteiger charge is 2.67. The van der Waals surface area contributed by atoms with Crippen LogP contribution in [0.4, 0.5) is 0 Å². The van der Waals surface area contributed by atoms with Gasteiger partial charge in [0, 0.05) is 10.0 Å². The molecule has 3 fully saturated rings. The zero-order valence-corrected chi connectivity index (χ0v) is 14.3. The molecule has 3 amide bonds. The molecular weight excluding hydrogens is 372 g/mol. The number of rotatable bonds is 2. The summed E-state index contributed by atoms with van der Waals surface area (Å²) >= 11 is 3.32. The van der Waals surface area contributed by atoms with Gasteiger partial charge in [0.05, 0.1) is 11.8 Å². The van der Waals surface area contributed by atoms with Crippen LogP contribution < -0.4 is 5.43 Å². The van der Waals surface area contributed by atoms with Crippen molar-refractivity contribution in [2.24, 2.45) is 35.5 Å².